The normalized spacial score (nSPS) is 30.6. The van der Waals surface area contributed by atoms with Crippen LogP contribution in [0.15, 0.2) is 0 Å². The molecule has 1 aliphatic rings. The van der Waals surface area contributed by atoms with Gasteiger partial charge in [0.2, 0.25) is 0 Å². The van der Waals surface area contributed by atoms with Crippen LogP contribution in [0.5, 0.6) is 0 Å². The largest absolute Gasteiger partial charge is 0.411 e. The summed E-state index contributed by atoms with van der Waals surface area (Å²) >= 11 is 0. The standard InChI is InChI=1S/C14H28O2Si/c1-12-8-7-9-14(12,10-11-15)16-17(5,6)13(2,3)4/h11-12H,7-10H2,1-6H3/t12-,14+/m0/s1. The molecule has 0 aromatic rings. The first kappa shape index (κ1) is 14.9. The van der Waals surface area contributed by atoms with Gasteiger partial charge in [-0.3, -0.25) is 0 Å². The molecule has 0 bridgehead atoms. The molecule has 0 spiro atoms. The Morgan fingerprint density at radius 3 is 2.35 bits per heavy atom. The Hall–Kier alpha value is -0.153. The quantitative estimate of drug-likeness (QED) is 0.558. The summed E-state index contributed by atoms with van der Waals surface area (Å²) in [5, 5.41) is 0.213. The topological polar surface area (TPSA) is 26.3 Å². The van der Waals surface area contributed by atoms with Crippen LogP contribution in [-0.4, -0.2) is 20.2 Å². The number of rotatable bonds is 4. The second kappa shape index (κ2) is 4.85. The lowest BCUT2D eigenvalue weighted by molar-refractivity contribution is -0.112. The Labute approximate surface area is 107 Å². The highest BCUT2D eigenvalue weighted by Crippen LogP contribution is 2.47. The van der Waals surface area contributed by atoms with Crippen LogP contribution in [0.25, 0.3) is 0 Å². The fourth-order valence-electron chi connectivity index (χ4n) is 2.52. The maximum Gasteiger partial charge on any atom is 0.192 e. The van der Waals surface area contributed by atoms with E-state index in [9.17, 15) is 4.79 Å². The molecule has 0 saturated heterocycles. The second-order valence-electron chi connectivity index (χ2n) is 7.09. The maximum absolute atomic E-state index is 11.0. The zero-order valence-electron chi connectivity index (χ0n) is 12.3. The van der Waals surface area contributed by atoms with Gasteiger partial charge in [0, 0.05) is 6.42 Å². The van der Waals surface area contributed by atoms with Crippen molar-refractivity contribution in [3.05, 3.63) is 0 Å². The number of carbonyl (C=O) groups is 1. The molecule has 0 unspecified atom stereocenters. The molecule has 2 nitrogen and oxygen atoms in total. The van der Waals surface area contributed by atoms with Crippen molar-refractivity contribution >= 4 is 14.6 Å². The third-order valence-corrected chi connectivity index (χ3v) is 9.36. The van der Waals surface area contributed by atoms with Crippen molar-refractivity contribution in [2.24, 2.45) is 5.92 Å². The average molecular weight is 256 g/mol. The third kappa shape index (κ3) is 3.00. The lowest BCUT2D eigenvalue weighted by atomic mass is 9.90. The van der Waals surface area contributed by atoms with Gasteiger partial charge in [-0.15, -0.1) is 0 Å². The first-order chi connectivity index (χ1) is 7.65. The summed E-state index contributed by atoms with van der Waals surface area (Å²) in [6.45, 7) is 13.6. The molecule has 0 radical (unpaired) electrons. The molecule has 17 heavy (non-hydrogen) atoms. The fraction of sp³-hybridized carbons (Fsp3) is 0.929. The summed E-state index contributed by atoms with van der Waals surface area (Å²) in [5.74, 6) is 0.516. The minimum absolute atomic E-state index is 0.162. The Kier molecular flexibility index (Phi) is 4.25. The molecule has 0 aromatic carbocycles. The summed E-state index contributed by atoms with van der Waals surface area (Å²) in [6.07, 6.45) is 5.07. The second-order valence-corrected chi connectivity index (χ2v) is 11.8. The van der Waals surface area contributed by atoms with E-state index in [1.807, 2.05) is 0 Å². The molecule has 1 aliphatic carbocycles. The molecule has 0 aliphatic heterocycles. The van der Waals surface area contributed by atoms with Gasteiger partial charge in [0.1, 0.15) is 6.29 Å². The molecular formula is C14H28O2Si. The average Bonchev–Trinajstić information content (AvgIpc) is 2.46. The molecule has 0 N–H and O–H groups in total. The highest BCUT2D eigenvalue weighted by atomic mass is 28.4. The fourth-order valence-corrected chi connectivity index (χ4v) is 4.22. The van der Waals surface area contributed by atoms with Gasteiger partial charge in [-0.2, -0.15) is 0 Å². The minimum atomic E-state index is -1.78. The van der Waals surface area contributed by atoms with E-state index in [0.29, 0.717) is 12.3 Å². The third-order valence-electron chi connectivity index (χ3n) is 4.83. The van der Waals surface area contributed by atoms with Gasteiger partial charge in [0.05, 0.1) is 5.60 Å². The zero-order chi connectivity index (χ0) is 13.3. The van der Waals surface area contributed by atoms with E-state index < -0.39 is 8.32 Å². The molecule has 3 heteroatoms. The summed E-state index contributed by atoms with van der Waals surface area (Å²) in [7, 11) is -1.78. The van der Waals surface area contributed by atoms with Gasteiger partial charge < -0.3 is 9.22 Å². The van der Waals surface area contributed by atoms with Crippen molar-refractivity contribution in [1.29, 1.82) is 0 Å². The first-order valence-corrected chi connectivity index (χ1v) is 9.69. The molecule has 1 rings (SSSR count). The smallest absolute Gasteiger partial charge is 0.192 e. The predicted molar refractivity (Wildman–Crippen MR) is 74.7 cm³/mol. The van der Waals surface area contributed by atoms with E-state index in [2.05, 4.69) is 40.8 Å². The summed E-state index contributed by atoms with van der Waals surface area (Å²) in [5.41, 5.74) is -0.162. The number of hydrogen-bond donors (Lipinski definition) is 0. The Bertz CT molecular complexity index is 280. The van der Waals surface area contributed by atoms with Gasteiger partial charge in [0.15, 0.2) is 8.32 Å². The van der Waals surface area contributed by atoms with Gasteiger partial charge in [-0.25, -0.2) is 0 Å². The monoisotopic (exact) mass is 256 g/mol. The van der Waals surface area contributed by atoms with Crippen LogP contribution in [0.3, 0.4) is 0 Å². The SMILES string of the molecule is C[C@H]1CCC[C@]1(CC=O)O[Si](C)(C)C(C)(C)C. The van der Waals surface area contributed by atoms with E-state index in [1.165, 1.54) is 12.8 Å². The van der Waals surface area contributed by atoms with Crippen molar-refractivity contribution in [2.45, 2.75) is 77.1 Å². The van der Waals surface area contributed by atoms with E-state index >= 15 is 0 Å². The van der Waals surface area contributed by atoms with Crippen molar-refractivity contribution < 1.29 is 9.22 Å². The summed E-state index contributed by atoms with van der Waals surface area (Å²) in [6, 6.07) is 0. The number of aldehydes is 1. The van der Waals surface area contributed by atoms with Crippen molar-refractivity contribution in [1.82, 2.24) is 0 Å². The van der Waals surface area contributed by atoms with E-state index in [1.54, 1.807) is 0 Å². The van der Waals surface area contributed by atoms with Gasteiger partial charge >= 0.3 is 0 Å². The van der Waals surface area contributed by atoms with Crippen LogP contribution in [0.2, 0.25) is 18.1 Å². The van der Waals surface area contributed by atoms with Crippen LogP contribution in [0.1, 0.15) is 53.4 Å². The molecular weight excluding hydrogens is 228 g/mol. The zero-order valence-corrected chi connectivity index (χ0v) is 13.3. The molecule has 1 fully saturated rings. The number of carbonyl (C=O) groups excluding carboxylic acids is 1. The first-order valence-electron chi connectivity index (χ1n) is 6.78. The van der Waals surface area contributed by atoms with E-state index in [4.69, 9.17) is 4.43 Å². The van der Waals surface area contributed by atoms with Crippen LogP contribution in [-0.2, 0) is 9.22 Å². The Morgan fingerprint density at radius 1 is 1.41 bits per heavy atom. The van der Waals surface area contributed by atoms with Gasteiger partial charge in [-0.05, 0) is 36.9 Å². The van der Waals surface area contributed by atoms with Crippen molar-refractivity contribution in [3.8, 4) is 0 Å². The lowest BCUT2D eigenvalue weighted by Gasteiger charge is -2.45. The molecule has 0 aromatic heterocycles. The Morgan fingerprint density at radius 2 is 2.00 bits per heavy atom. The minimum Gasteiger partial charge on any atom is -0.411 e. The maximum atomic E-state index is 11.0. The van der Waals surface area contributed by atoms with Crippen molar-refractivity contribution in [3.63, 3.8) is 0 Å². The molecule has 1 saturated carbocycles. The van der Waals surface area contributed by atoms with Crippen molar-refractivity contribution in [2.75, 3.05) is 0 Å². The Balaban J connectivity index is 2.91. The lowest BCUT2D eigenvalue weighted by Crippen LogP contribution is -2.51. The van der Waals surface area contributed by atoms with Crippen LogP contribution in [0.4, 0.5) is 0 Å². The molecule has 0 amide bonds. The summed E-state index contributed by atoms with van der Waals surface area (Å²) in [4.78, 5) is 11.0. The van der Waals surface area contributed by atoms with Crippen LogP contribution >= 0.6 is 0 Å². The van der Waals surface area contributed by atoms with E-state index in [-0.39, 0.29) is 10.6 Å². The highest BCUT2D eigenvalue weighted by Gasteiger charge is 2.48. The van der Waals surface area contributed by atoms with Crippen LogP contribution in [0, 0.1) is 5.92 Å². The van der Waals surface area contributed by atoms with Gasteiger partial charge in [0.25, 0.3) is 0 Å². The number of hydrogen-bond acceptors (Lipinski definition) is 2. The van der Waals surface area contributed by atoms with Crippen LogP contribution < -0.4 is 0 Å². The van der Waals surface area contributed by atoms with Gasteiger partial charge in [-0.1, -0.05) is 34.1 Å². The molecule has 2 atom stereocenters. The summed E-state index contributed by atoms with van der Waals surface area (Å²) < 4.78 is 6.61. The van der Waals surface area contributed by atoms with E-state index in [0.717, 1.165) is 12.7 Å². The highest BCUT2D eigenvalue weighted by molar-refractivity contribution is 6.74. The molecule has 0 heterocycles. The predicted octanol–water partition coefficient (Wildman–Crippen LogP) is 4.16. The molecule has 100 valence electrons.